The fraction of sp³-hybridized carbons (Fsp3) is 0.700. The third kappa shape index (κ3) is 5.82. The molecule has 0 aromatic carbocycles. The minimum atomic E-state index is -0.740. The Balaban J connectivity index is 2.46. The van der Waals surface area contributed by atoms with Gasteiger partial charge >= 0.3 is 0 Å². The van der Waals surface area contributed by atoms with Crippen molar-refractivity contribution in [3.05, 3.63) is 36.5 Å². The molecule has 0 spiro atoms. The molecule has 0 bridgehead atoms. The molecule has 1 fully saturated rings. The van der Waals surface area contributed by atoms with Crippen LogP contribution in [0.1, 0.15) is 72.6 Å². The Morgan fingerprint density at radius 1 is 1.48 bits per heavy atom. The quantitative estimate of drug-likeness (QED) is 0.586. The van der Waals surface area contributed by atoms with Gasteiger partial charge in [0.05, 0.1) is 5.60 Å². The standard InChI is InChI=1S/C20H34O/c1-7-20(6,21)15-8-10-16(2)12-13-18-17(3)11-9-14-19(18,4)5/h7,10,18,21H,1,3,8-9,11-15H2,2,4-6H3/b16-10+/t18-,20-/m1/s1. The van der Waals surface area contributed by atoms with E-state index >= 15 is 0 Å². The van der Waals surface area contributed by atoms with Gasteiger partial charge in [-0.05, 0) is 70.1 Å². The monoisotopic (exact) mass is 290 g/mol. The number of allylic oxidation sites excluding steroid dienone is 3. The van der Waals surface area contributed by atoms with Gasteiger partial charge in [0.2, 0.25) is 0 Å². The maximum absolute atomic E-state index is 9.91. The predicted molar refractivity (Wildman–Crippen MR) is 93.3 cm³/mol. The lowest BCUT2D eigenvalue weighted by molar-refractivity contribution is 0.103. The van der Waals surface area contributed by atoms with Gasteiger partial charge < -0.3 is 5.11 Å². The van der Waals surface area contributed by atoms with Gasteiger partial charge in [-0.2, -0.15) is 0 Å². The Hall–Kier alpha value is -0.820. The summed E-state index contributed by atoms with van der Waals surface area (Å²) in [4.78, 5) is 0. The first kappa shape index (κ1) is 18.2. The third-order valence-electron chi connectivity index (χ3n) is 5.17. The molecular formula is C20H34O. The van der Waals surface area contributed by atoms with Crippen LogP contribution in [0.4, 0.5) is 0 Å². The summed E-state index contributed by atoms with van der Waals surface area (Å²) in [5.74, 6) is 0.658. The van der Waals surface area contributed by atoms with E-state index in [1.807, 2.05) is 6.92 Å². The summed E-state index contributed by atoms with van der Waals surface area (Å²) in [6.07, 6.45) is 11.8. The first-order valence-electron chi connectivity index (χ1n) is 8.37. The summed E-state index contributed by atoms with van der Waals surface area (Å²) >= 11 is 0. The van der Waals surface area contributed by atoms with Gasteiger partial charge in [-0.1, -0.05) is 43.7 Å². The normalized spacial score (nSPS) is 25.5. The summed E-state index contributed by atoms with van der Waals surface area (Å²) in [6, 6.07) is 0. The third-order valence-corrected chi connectivity index (χ3v) is 5.17. The second kappa shape index (κ2) is 7.45. The highest BCUT2D eigenvalue weighted by Crippen LogP contribution is 2.45. The first-order valence-corrected chi connectivity index (χ1v) is 8.37. The maximum atomic E-state index is 9.91. The lowest BCUT2D eigenvalue weighted by atomic mass is 9.65. The second-order valence-electron chi connectivity index (χ2n) is 7.74. The molecule has 2 atom stereocenters. The molecule has 1 rings (SSSR count). The second-order valence-corrected chi connectivity index (χ2v) is 7.74. The molecule has 0 unspecified atom stereocenters. The smallest absolute Gasteiger partial charge is 0.0800 e. The molecule has 0 amide bonds. The highest BCUT2D eigenvalue weighted by molar-refractivity contribution is 5.11. The van der Waals surface area contributed by atoms with Crippen molar-refractivity contribution in [1.82, 2.24) is 0 Å². The summed E-state index contributed by atoms with van der Waals surface area (Å²) in [6.45, 7) is 16.8. The van der Waals surface area contributed by atoms with Crippen molar-refractivity contribution >= 4 is 0 Å². The van der Waals surface area contributed by atoms with Crippen molar-refractivity contribution in [3.8, 4) is 0 Å². The van der Waals surface area contributed by atoms with Crippen LogP contribution in [-0.4, -0.2) is 10.7 Å². The highest BCUT2D eigenvalue weighted by Gasteiger charge is 2.33. The molecule has 120 valence electrons. The van der Waals surface area contributed by atoms with Crippen LogP contribution in [0.3, 0.4) is 0 Å². The SMILES string of the molecule is C=C[C@@](C)(O)CC/C=C(\C)CC[C@@H]1C(=C)CCCC1(C)C. The van der Waals surface area contributed by atoms with E-state index < -0.39 is 5.60 Å². The zero-order valence-electron chi connectivity index (χ0n) is 14.5. The van der Waals surface area contributed by atoms with E-state index in [0.717, 1.165) is 19.3 Å². The van der Waals surface area contributed by atoms with Crippen LogP contribution in [0.2, 0.25) is 0 Å². The van der Waals surface area contributed by atoms with E-state index in [-0.39, 0.29) is 0 Å². The van der Waals surface area contributed by atoms with Crippen LogP contribution < -0.4 is 0 Å². The molecule has 1 nitrogen and oxygen atoms in total. The molecule has 0 radical (unpaired) electrons. The van der Waals surface area contributed by atoms with Gasteiger partial charge in [-0.15, -0.1) is 6.58 Å². The van der Waals surface area contributed by atoms with Gasteiger partial charge in [0.15, 0.2) is 0 Å². The zero-order chi connectivity index (χ0) is 16.1. The summed E-state index contributed by atoms with van der Waals surface area (Å²) in [5, 5.41) is 9.91. The highest BCUT2D eigenvalue weighted by atomic mass is 16.3. The lowest BCUT2D eigenvalue weighted by Crippen LogP contribution is -2.29. The van der Waals surface area contributed by atoms with E-state index in [0.29, 0.717) is 11.3 Å². The number of hydrogen-bond acceptors (Lipinski definition) is 1. The van der Waals surface area contributed by atoms with Crippen molar-refractivity contribution in [1.29, 1.82) is 0 Å². The molecule has 21 heavy (non-hydrogen) atoms. The average Bonchev–Trinajstić information content (AvgIpc) is 2.37. The van der Waals surface area contributed by atoms with Crippen molar-refractivity contribution in [2.24, 2.45) is 11.3 Å². The lowest BCUT2D eigenvalue weighted by Gasteiger charge is -2.40. The molecule has 0 aliphatic heterocycles. The number of hydrogen-bond donors (Lipinski definition) is 1. The van der Waals surface area contributed by atoms with E-state index in [4.69, 9.17) is 0 Å². The topological polar surface area (TPSA) is 20.2 Å². The first-order chi connectivity index (χ1) is 9.68. The molecule has 0 aromatic rings. The molecule has 0 saturated heterocycles. The van der Waals surface area contributed by atoms with Crippen LogP contribution in [0.15, 0.2) is 36.5 Å². The summed E-state index contributed by atoms with van der Waals surface area (Å²) in [5.41, 5.74) is 2.55. The molecule has 1 saturated carbocycles. The van der Waals surface area contributed by atoms with Crippen molar-refractivity contribution in [2.45, 2.75) is 78.2 Å². The minimum absolute atomic E-state index is 0.405. The van der Waals surface area contributed by atoms with Crippen molar-refractivity contribution in [3.63, 3.8) is 0 Å². The minimum Gasteiger partial charge on any atom is -0.386 e. The fourth-order valence-electron chi connectivity index (χ4n) is 3.45. The molecule has 1 N–H and O–H groups in total. The molecule has 1 aliphatic rings. The average molecular weight is 290 g/mol. The molecule has 0 heterocycles. The molecule has 0 aromatic heterocycles. The van der Waals surface area contributed by atoms with Crippen molar-refractivity contribution in [2.75, 3.05) is 0 Å². The number of rotatable bonds is 7. The molecular weight excluding hydrogens is 256 g/mol. The van der Waals surface area contributed by atoms with Gasteiger partial charge in [0, 0.05) is 0 Å². The Kier molecular flexibility index (Phi) is 6.46. The van der Waals surface area contributed by atoms with E-state index in [2.05, 4.69) is 40.0 Å². The van der Waals surface area contributed by atoms with Gasteiger partial charge in [0.1, 0.15) is 0 Å². The van der Waals surface area contributed by atoms with Crippen molar-refractivity contribution < 1.29 is 5.11 Å². The van der Waals surface area contributed by atoms with Crippen LogP contribution in [0.25, 0.3) is 0 Å². The van der Waals surface area contributed by atoms with Crippen LogP contribution in [-0.2, 0) is 0 Å². The summed E-state index contributed by atoms with van der Waals surface area (Å²) in [7, 11) is 0. The van der Waals surface area contributed by atoms with Gasteiger partial charge in [-0.3, -0.25) is 0 Å². The maximum Gasteiger partial charge on any atom is 0.0800 e. The Labute approximate surface area is 131 Å². The Morgan fingerprint density at radius 2 is 2.14 bits per heavy atom. The number of aliphatic hydroxyl groups is 1. The van der Waals surface area contributed by atoms with Gasteiger partial charge in [0.25, 0.3) is 0 Å². The Morgan fingerprint density at radius 3 is 2.71 bits per heavy atom. The van der Waals surface area contributed by atoms with Crippen LogP contribution in [0, 0.1) is 11.3 Å². The van der Waals surface area contributed by atoms with Crippen LogP contribution >= 0.6 is 0 Å². The molecule has 1 heteroatoms. The fourth-order valence-corrected chi connectivity index (χ4v) is 3.45. The van der Waals surface area contributed by atoms with E-state index in [1.165, 1.54) is 36.8 Å². The largest absolute Gasteiger partial charge is 0.386 e. The van der Waals surface area contributed by atoms with E-state index in [9.17, 15) is 5.11 Å². The van der Waals surface area contributed by atoms with Gasteiger partial charge in [-0.25, -0.2) is 0 Å². The predicted octanol–water partition coefficient (Wildman–Crippen LogP) is 5.81. The van der Waals surface area contributed by atoms with E-state index in [1.54, 1.807) is 6.08 Å². The van der Waals surface area contributed by atoms with Crippen LogP contribution in [0.5, 0.6) is 0 Å². The zero-order valence-corrected chi connectivity index (χ0v) is 14.5. The molecule has 1 aliphatic carbocycles. The Bertz CT molecular complexity index is 398. The summed E-state index contributed by atoms with van der Waals surface area (Å²) < 4.78 is 0.